The van der Waals surface area contributed by atoms with E-state index < -0.39 is 23.9 Å². The summed E-state index contributed by atoms with van der Waals surface area (Å²) < 4.78 is 0. The first-order valence-electron chi connectivity index (χ1n) is 11.5. The second kappa shape index (κ2) is 13.8. The van der Waals surface area contributed by atoms with Gasteiger partial charge in [-0.25, -0.2) is 0 Å². The molecule has 0 radical (unpaired) electrons. The summed E-state index contributed by atoms with van der Waals surface area (Å²) in [6.07, 6.45) is 1.00. The number of carboxylic acid groups (broad SMARTS) is 2. The fourth-order valence-corrected chi connectivity index (χ4v) is 3.53. The van der Waals surface area contributed by atoms with Crippen LogP contribution in [0.5, 0.6) is 0 Å². The lowest BCUT2D eigenvalue weighted by Gasteiger charge is -2.22. The predicted octanol–water partition coefficient (Wildman–Crippen LogP) is 3.40. The molecule has 8 heteroatoms. The van der Waals surface area contributed by atoms with E-state index in [1.807, 2.05) is 61.5 Å². The van der Waals surface area contributed by atoms with Crippen LogP contribution in [0.25, 0.3) is 11.1 Å². The van der Waals surface area contributed by atoms with Crippen molar-refractivity contribution in [3.8, 4) is 11.1 Å². The van der Waals surface area contributed by atoms with Gasteiger partial charge >= 0.3 is 11.9 Å². The Hall–Kier alpha value is -3.68. The van der Waals surface area contributed by atoms with Crippen LogP contribution in [0.4, 0.5) is 0 Å². The maximum Gasteiger partial charge on any atom is 0.303 e. The van der Waals surface area contributed by atoms with E-state index in [1.54, 1.807) is 0 Å². The molecule has 0 aliphatic rings. The van der Waals surface area contributed by atoms with E-state index >= 15 is 0 Å². The van der Waals surface area contributed by atoms with Gasteiger partial charge in [0.25, 0.3) is 0 Å². The number of carbonyl (C=O) groups is 4. The Kier molecular flexibility index (Phi) is 10.8. The number of nitrogens with one attached hydrogen (secondary N) is 2. The highest BCUT2D eigenvalue weighted by molar-refractivity contribution is 5.88. The van der Waals surface area contributed by atoms with Crippen LogP contribution < -0.4 is 10.6 Å². The van der Waals surface area contributed by atoms with Crippen LogP contribution in [0, 0.1) is 0 Å². The fraction of sp³-hybridized carbons (Fsp3) is 0.385. The summed E-state index contributed by atoms with van der Waals surface area (Å²) in [7, 11) is 0. The van der Waals surface area contributed by atoms with Gasteiger partial charge in [0.2, 0.25) is 11.8 Å². The molecule has 0 unspecified atom stereocenters. The van der Waals surface area contributed by atoms with Gasteiger partial charge in [-0.3, -0.25) is 19.2 Å². The van der Waals surface area contributed by atoms with Crippen molar-refractivity contribution in [1.29, 1.82) is 0 Å². The third kappa shape index (κ3) is 9.44. The molecule has 4 N–H and O–H groups in total. The Bertz CT molecular complexity index is 959. The summed E-state index contributed by atoms with van der Waals surface area (Å²) in [4.78, 5) is 47.0. The second-order valence-corrected chi connectivity index (χ2v) is 8.16. The second-order valence-electron chi connectivity index (χ2n) is 8.16. The molecule has 2 rings (SSSR count). The van der Waals surface area contributed by atoms with Crippen LogP contribution in [-0.4, -0.2) is 46.0 Å². The molecule has 182 valence electrons. The zero-order valence-electron chi connectivity index (χ0n) is 19.3. The van der Waals surface area contributed by atoms with Gasteiger partial charge in [0.1, 0.15) is 6.04 Å². The molecule has 2 aromatic rings. The number of aliphatic carboxylic acids is 2. The van der Waals surface area contributed by atoms with Crippen molar-refractivity contribution in [1.82, 2.24) is 10.6 Å². The minimum atomic E-state index is -1.07. The van der Waals surface area contributed by atoms with Crippen molar-refractivity contribution in [3.63, 3.8) is 0 Å². The van der Waals surface area contributed by atoms with E-state index in [-0.39, 0.29) is 44.1 Å². The number of hydrogen-bond acceptors (Lipinski definition) is 4. The van der Waals surface area contributed by atoms with Crippen molar-refractivity contribution in [3.05, 3.63) is 60.2 Å². The normalized spacial score (nSPS) is 12.4. The average Bonchev–Trinajstić information content (AvgIpc) is 2.83. The van der Waals surface area contributed by atoms with Crippen LogP contribution in [0.2, 0.25) is 0 Å². The van der Waals surface area contributed by atoms with Gasteiger partial charge in [0.05, 0.1) is 0 Å². The zero-order valence-corrected chi connectivity index (χ0v) is 19.3. The molecular formula is C26H32N2O6. The lowest BCUT2D eigenvalue weighted by Crippen LogP contribution is -2.49. The molecule has 0 saturated carbocycles. The lowest BCUT2D eigenvalue weighted by molar-refractivity contribution is -0.139. The Balaban J connectivity index is 1.92. The molecule has 0 spiro atoms. The number of rotatable bonds is 14. The molecule has 0 heterocycles. The predicted molar refractivity (Wildman–Crippen MR) is 128 cm³/mol. The van der Waals surface area contributed by atoms with E-state index in [1.165, 1.54) is 0 Å². The van der Waals surface area contributed by atoms with Crippen LogP contribution in [0.3, 0.4) is 0 Å². The maximum absolute atomic E-state index is 12.7. The van der Waals surface area contributed by atoms with Gasteiger partial charge in [-0.2, -0.15) is 0 Å². The van der Waals surface area contributed by atoms with E-state index in [4.69, 9.17) is 10.2 Å². The molecule has 2 atom stereocenters. The number of carbonyl (C=O) groups excluding carboxylic acids is 2. The van der Waals surface area contributed by atoms with Crippen molar-refractivity contribution < 1.29 is 29.4 Å². The smallest absolute Gasteiger partial charge is 0.303 e. The summed E-state index contributed by atoms with van der Waals surface area (Å²) in [6.45, 7) is 1.82. The Morgan fingerprint density at radius 3 is 1.94 bits per heavy atom. The largest absolute Gasteiger partial charge is 0.481 e. The summed E-state index contributed by atoms with van der Waals surface area (Å²) in [5, 5.41) is 23.2. The van der Waals surface area contributed by atoms with Gasteiger partial charge in [-0.15, -0.1) is 0 Å². The molecule has 0 fully saturated rings. The van der Waals surface area contributed by atoms with Gasteiger partial charge in [0, 0.05) is 25.3 Å². The van der Waals surface area contributed by atoms with Gasteiger partial charge < -0.3 is 20.8 Å². The van der Waals surface area contributed by atoms with Gasteiger partial charge in [-0.05, 0) is 42.4 Å². The first kappa shape index (κ1) is 26.6. The minimum Gasteiger partial charge on any atom is -0.481 e. The minimum absolute atomic E-state index is 0.0476. The van der Waals surface area contributed by atoms with E-state index in [0.29, 0.717) is 12.8 Å². The number of hydrogen-bond donors (Lipinski definition) is 4. The fourth-order valence-electron chi connectivity index (χ4n) is 3.53. The third-order valence-corrected chi connectivity index (χ3v) is 5.55. The highest BCUT2D eigenvalue weighted by Crippen LogP contribution is 2.19. The molecule has 0 saturated heterocycles. The molecule has 0 aliphatic heterocycles. The summed E-state index contributed by atoms with van der Waals surface area (Å²) in [6, 6.07) is 16.5. The van der Waals surface area contributed by atoms with E-state index in [0.717, 1.165) is 16.7 Å². The van der Waals surface area contributed by atoms with Gasteiger partial charge in [0.15, 0.2) is 0 Å². The number of amides is 2. The summed E-state index contributed by atoms with van der Waals surface area (Å²) >= 11 is 0. The Morgan fingerprint density at radius 1 is 0.765 bits per heavy atom. The van der Waals surface area contributed by atoms with E-state index in [2.05, 4.69) is 10.6 Å². The van der Waals surface area contributed by atoms with Crippen molar-refractivity contribution in [2.45, 2.75) is 64.0 Å². The lowest BCUT2D eigenvalue weighted by atomic mass is 10.0. The molecule has 2 amide bonds. The quantitative estimate of drug-likeness (QED) is 0.336. The highest BCUT2D eigenvalue weighted by atomic mass is 16.4. The molecule has 0 aliphatic carbocycles. The first-order chi connectivity index (χ1) is 16.3. The standard InChI is InChI=1S/C26H32N2O6/c1-2-21(13-16-24(30)31)27-26(34)22(14-17-25(32)33)28-23(29)15-10-18-8-11-20(12-9-18)19-6-4-3-5-7-19/h3-9,11-12,21-22H,2,10,13-17H2,1H3,(H,27,34)(H,28,29)(H,30,31)(H,32,33)/t21-,22+/m1/s1. The van der Waals surface area contributed by atoms with Gasteiger partial charge in [-0.1, -0.05) is 61.5 Å². The van der Waals surface area contributed by atoms with E-state index in [9.17, 15) is 19.2 Å². The molecule has 0 bridgehead atoms. The summed E-state index contributed by atoms with van der Waals surface area (Å²) in [5.41, 5.74) is 3.15. The summed E-state index contributed by atoms with van der Waals surface area (Å²) in [5.74, 6) is -2.88. The van der Waals surface area contributed by atoms with Crippen molar-refractivity contribution in [2.24, 2.45) is 0 Å². The van der Waals surface area contributed by atoms with Crippen LogP contribution in [0.1, 0.15) is 51.0 Å². The Morgan fingerprint density at radius 2 is 1.35 bits per heavy atom. The van der Waals surface area contributed by atoms with Crippen molar-refractivity contribution in [2.75, 3.05) is 0 Å². The Labute approximate surface area is 199 Å². The van der Waals surface area contributed by atoms with Crippen LogP contribution in [0.15, 0.2) is 54.6 Å². The average molecular weight is 469 g/mol. The SMILES string of the molecule is CC[C@H](CCC(=O)O)NC(=O)[C@H](CCC(=O)O)NC(=O)CCc1ccc(-c2ccccc2)cc1. The zero-order chi connectivity index (χ0) is 24.9. The number of carboxylic acids is 2. The molecule has 0 aromatic heterocycles. The molecule has 2 aromatic carbocycles. The first-order valence-corrected chi connectivity index (χ1v) is 11.5. The van der Waals surface area contributed by atoms with Crippen LogP contribution >= 0.6 is 0 Å². The molecular weight excluding hydrogens is 436 g/mol. The van der Waals surface area contributed by atoms with Crippen LogP contribution in [-0.2, 0) is 25.6 Å². The molecule has 34 heavy (non-hydrogen) atoms. The highest BCUT2D eigenvalue weighted by Gasteiger charge is 2.24. The third-order valence-electron chi connectivity index (χ3n) is 5.55. The monoisotopic (exact) mass is 468 g/mol. The molecule has 8 nitrogen and oxygen atoms in total. The van der Waals surface area contributed by atoms with Crippen molar-refractivity contribution >= 4 is 23.8 Å². The maximum atomic E-state index is 12.7. The number of aryl methyl sites for hydroxylation is 1. The number of benzene rings is 2. The topological polar surface area (TPSA) is 133 Å².